The van der Waals surface area contributed by atoms with E-state index in [4.69, 9.17) is 21.3 Å². The summed E-state index contributed by atoms with van der Waals surface area (Å²) in [5, 5.41) is 1.36. The molecule has 3 aromatic rings. The molecule has 0 aliphatic carbocycles. The largest absolute Gasteiger partial charge is 0.379 e. The number of aryl methyl sites for hydroxylation is 2. The molecule has 1 fully saturated rings. The smallest absolute Gasteiger partial charge is 0.260 e. The number of nitrogens with zero attached hydrogens (tertiary/aromatic N) is 3. The third-order valence-electron chi connectivity index (χ3n) is 5.17. The van der Waals surface area contributed by atoms with Crippen molar-refractivity contribution in [2.45, 2.75) is 13.8 Å². The molecule has 1 aliphatic heterocycles. The van der Waals surface area contributed by atoms with Crippen LogP contribution in [0.25, 0.3) is 10.2 Å². The van der Waals surface area contributed by atoms with Crippen molar-refractivity contribution >= 4 is 56.6 Å². The average Bonchev–Trinajstić information content (AvgIpc) is 3.18. The molecule has 1 amide bonds. The van der Waals surface area contributed by atoms with Gasteiger partial charge in [-0.1, -0.05) is 46.7 Å². The van der Waals surface area contributed by atoms with Crippen LogP contribution < -0.4 is 4.90 Å². The molecular formula is C22H25Cl2N3O2S. The number of thiazole rings is 1. The first-order valence-electron chi connectivity index (χ1n) is 9.77. The average molecular weight is 466 g/mol. The lowest BCUT2D eigenvalue weighted by molar-refractivity contribution is 0.0391. The molecule has 2 heterocycles. The number of carbonyl (C=O) groups excluding carboxylic acids is 1. The maximum atomic E-state index is 13.4. The van der Waals surface area contributed by atoms with Gasteiger partial charge in [-0.05, 0) is 37.6 Å². The molecule has 0 atom stereocenters. The number of fused-ring (bicyclic) bond motifs is 1. The van der Waals surface area contributed by atoms with Gasteiger partial charge in [0.2, 0.25) is 0 Å². The van der Waals surface area contributed by atoms with Gasteiger partial charge in [0.25, 0.3) is 5.91 Å². The summed E-state index contributed by atoms with van der Waals surface area (Å²) < 4.78 is 6.37. The third-order valence-corrected chi connectivity index (χ3v) is 6.71. The molecule has 0 saturated carbocycles. The Morgan fingerprint density at radius 1 is 1.23 bits per heavy atom. The summed E-state index contributed by atoms with van der Waals surface area (Å²) in [4.78, 5) is 22.4. The lowest BCUT2D eigenvalue weighted by Crippen LogP contribution is -2.43. The summed E-state index contributed by atoms with van der Waals surface area (Å²) in [5.41, 5.74) is 3.66. The quantitative estimate of drug-likeness (QED) is 0.533. The zero-order valence-electron chi connectivity index (χ0n) is 17.1. The summed E-state index contributed by atoms with van der Waals surface area (Å²) in [7, 11) is 0. The van der Waals surface area contributed by atoms with Crippen LogP contribution in [0.3, 0.4) is 0 Å². The first-order valence-corrected chi connectivity index (χ1v) is 11.0. The normalized spacial score (nSPS) is 14.5. The number of ether oxygens (including phenoxy) is 1. The van der Waals surface area contributed by atoms with Crippen LogP contribution in [-0.2, 0) is 4.74 Å². The highest BCUT2D eigenvalue weighted by Gasteiger charge is 2.24. The molecule has 1 aliphatic rings. The molecule has 30 heavy (non-hydrogen) atoms. The molecule has 2 aromatic carbocycles. The second-order valence-corrected chi connectivity index (χ2v) is 8.70. The molecule has 5 nitrogen and oxygen atoms in total. The summed E-state index contributed by atoms with van der Waals surface area (Å²) in [5.74, 6) is -0.0326. The van der Waals surface area contributed by atoms with E-state index in [1.807, 2.05) is 50.2 Å². The molecular weight excluding hydrogens is 441 g/mol. The van der Waals surface area contributed by atoms with E-state index in [9.17, 15) is 4.79 Å². The fraction of sp³-hybridized carbons (Fsp3) is 0.364. The van der Waals surface area contributed by atoms with Gasteiger partial charge in [0.1, 0.15) is 0 Å². The number of hydrogen-bond donors (Lipinski definition) is 0. The van der Waals surface area contributed by atoms with Gasteiger partial charge in [0.05, 0.1) is 28.5 Å². The van der Waals surface area contributed by atoms with Crippen molar-refractivity contribution < 1.29 is 9.53 Å². The fourth-order valence-electron chi connectivity index (χ4n) is 3.49. The molecule has 0 bridgehead atoms. The summed E-state index contributed by atoms with van der Waals surface area (Å²) in [6.07, 6.45) is 0. The minimum absolute atomic E-state index is 0. The SMILES string of the molecule is Cc1cccc(C(=O)N(CCN2CCOCC2)c2nc3c(C)ccc(Cl)c3s2)c1.Cl. The Bertz CT molecular complexity index is 995. The monoisotopic (exact) mass is 465 g/mol. The molecule has 8 heteroatoms. The topological polar surface area (TPSA) is 45.7 Å². The number of morpholine rings is 1. The van der Waals surface area contributed by atoms with Crippen molar-refractivity contribution in [3.8, 4) is 0 Å². The van der Waals surface area contributed by atoms with Crippen LogP contribution in [-0.4, -0.2) is 55.2 Å². The minimum atomic E-state index is -0.0326. The lowest BCUT2D eigenvalue weighted by Gasteiger charge is -2.29. The molecule has 1 saturated heterocycles. The maximum absolute atomic E-state index is 13.4. The van der Waals surface area contributed by atoms with Gasteiger partial charge in [-0.25, -0.2) is 4.98 Å². The zero-order chi connectivity index (χ0) is 20.4. The van der Waals surface area contributed by atoms with Gasteiger partial charge in [0, 0.05) is 31.7 Å². The van der Waals surface area contributed by atoms with Gasteiger partial charge in [0.15, 0.2) is 5.13 Å². The minimum Gasteiger partial charge on any atom is -0.379 e. The molecule has 4 rings (SSSR count). The molecule has 0 N–H and O–H groups in total. The van der Waals surface area contributed by atoms with E-state index < -0.39 is 0 Å². The van der Waals surface area contributed by atoms with Crippen molar-refractivity contribution in [3.05, 3.63) is 58.1 Å². The predicted molar refractivity (Wildman–Crippen MR) is 127 cm³/mol. The van der Waals surface area contributed by atoms with Crippen LogP contribution in [0.1, 0.15) is 21.5 Å². The van der Waals surface area contributed by atoms with Crippen molar-refractivity contribution in [1.29, 1.82) is 0 Å². The summed E-state index contributed by atoms with van der Waals surface area (Å²) >= 11 is 7.89. The van der Waals surface area contributed by atoms with Crippen molar-refractivity contribution in [2.75, 3.05) is 44.3 Å². The standard InChI is InChI=1S/C22H24ClN3O2S.ClH/c1-15-4-3-5-17(14-15)21(27)26(9-8-25-10-12-28-13-11-25)22-24-19-16(2)6-7-18(23)20(19)29-22;/h3-7,14H,8-13H2,1-2H3;1H. The van der Waals surface area contributed by atoms with Crippen LogP contribution in [0.4, 0.5) is 5.13 Å². The number of carbonyl (C=O) groups is 1. The number of rotatable bonds is 5. The van der Waals surface area contributed by atoms with Gasteiger partial charge in [-0.2, -0.15) is 0 Å². The number of amides is 1. The van der Waals surface area contributed by atoms with Crippen LogP contribution in [0.15, 0.2) is 36.4 Å². The Morgan fingerprint density at radius 2 is 2.00 bits per heavy atom. The second kappa shape index (κ2) is 10.1. The van der Waals surface area contributed by atoms with E-state index in [0.29, 0.717) is 22.3 Å². The van der Waals surface area contributed by atoms with Crippen LogP contribution in [0.2, 0.25) is 5.02 Å². The third kappa shape index (κ3) is 4.95. The van der Waals surface area contributed by atoms with Gasteiger partial charge in [-0.3, -0.25) is 14.6 Å². The van der Waals surface area contributed by atoms with Gasteiger partial charge < -0.3 is 4.74 Å². The van der Waals surface area contributed by atoms with Crippen molar-refractivity contribution in [1.82, 2.24) is 9.88 Å². The Labute approximate surface area is 192 Å². The Kier molecular flexibility index (Phi) is 7.71. The summed E-state index contributed by atoms with van der Waals surface area (Å²) in [6, 6.07) is 11.6. The van der Waals surface area contributed by atoms with Crippen LogP contribution in [0, 0.1) is 13.8 Å². The Morgan fingerprint density at radius 3 is 2.70 bits per heavy atom. The van der Waals surface area contributed by atoms with E-state index in [0.717, 1.165) is 54.2 Å². The van der Waals surface area contributed by atoms with E-state index >= 15 is 0 Å². The lowest BCUT2D eigenvalue weighted by atomic mass is 10.1. The number of aromatic nitrogens is 1. The van der Waals surface area contributed by atoms with Crippen molar-refractivity contribution in [2.24, 2.45) is 0 Å². The molecule has 160 valence electrons. The zero-order valence-corrected chi connectivity index (χ0v) is 19.4. The molecule has 0 spiro atoms. The molecule has 0 unspecified atom stereocenters. The number of anilines is 1. The van der Waals surface area contributed by atoms with Crippen LogP contribution >= 0.6 is 35.3 Å². The predicted octanol–water partition coefficient (Wildman–Crippen LogP) is 4.97. The Hall–Kier alpha value is -1.70. The van der Waals surface area contributed by atoms with Crippen molar-refractivity contribution in [3.63, 3.8) is 0 Å². The van der Waals surface area contributed by atoms with E-state index in [1.165, 1.54) is 11.3 Å². The maximum Gasteiger partial charge on any atom is 0.260 e. The van der Waals surface area contributed by atoms with E-state index in [-0.39, 0.29) is 18.3 Å². The van der Waals surface area contributed by atoms with Gasteiger partial charge in [-0.15, -0.1) is 12.4 Å². The van der Waals surface area contributed by atoms with E-state index in [1.54, 1.807) is 4.90 Å². The number of benzene rings is 2. The second-order valence-electron chi connectivity index (χ2n) is 7.32. The first kappa shape index (κ1) is 23.0. The fourth-order valence-corrected chi connectivity index (χ4v) is 4.83. The first-order chi connectivity index (χ1) is 14.0. The van der Waals surface area contributed by atoms with Crippen LogP contribution in [0.5, 0.6) is 0 Å². The molecule has 1 aromatic heterocycles. The van der Waals surface area contributed by atoms with Gasteiger partial charge >= 0.3 is 0 Å². The van der Waals surface area contributed by atoms with E-state index in [2.05, 4.69) is 4.90 Å². The molecule has 0 radical (unpaired) electrons. The highest BCUT2D eigenvalue weighted by Crippen LogP contribution is 2.36. The highest BCUT2D eigenvalue weighted by atomic mass is 35.5. The number of hydrogen-bond acceptors (Lipinski definition) is 5. The highest BCUT2D eigenvalue weighted by molar-refractivity contribution is 7.23. The number of halogens is 2. The summed E-state index contributed by atoms with van der Waals surface area (Å²) in [6.45, 7) is 8.61. The Balaban J connectivity index is 0.00000256.